The normalized spacial score (nSPS) is 14.5. The van der Waals surface area contributed by atoms with Crippen LogP contribution in [0.25, 0.3) is 0 Å². The maximum atomic E-state index is 5.58. The van der Waals surface area contributed by atoms with Gasteiger partial charge in [0, 0.05) is 13.2 Å². The standard InChI is InChI=1S/C16H27NO/c1-6-16(18-5)15(17-7-2)11-14-9-12(3)8-13(4)10-14/h8-10,15-17H,6-7,11H2,1-5H3. The fraction of sp³-hybridized carbons (Fsp3) is 0.625. The number of ether oxygens (including phenoxy) is 1. The van der Waals surface area contributed by atoms with Crippen molar-refractivity contribution in [3.8, 4) is 0 Å². The molecule has 2 atom stereocenters. The summed E-state index contributed by atoms with van der Waals surface area (Å²) in [6.45, 7) is 9.63. The van der Waals surface area contributed by atoms with Crippen LogP contribution in [0.15, 0.2) is 18.2 Å². The summed E-state index contributed by atoms with van der Waals surface area (Å²) < 4.78 is 5.58. The van der Waals surface area contributed by atoms with Crippen LogP contribution in [0.5, 0.6) is 0 Å². The summed E-state index contributed by atoms with van der Waals surface area (Å²) in [6, 6.07) is 7.17. The summed E-state index contributed by atoms with van der Waals surface area (Å²) in [6.07, 6.45) is 2.35. The highest BCUT2D eigenvalue weighted by molar-refractivity contribution is 5.29. The van der Waals surface area contributed by atoms with E-state index in [4.69, 9.17) is 4.74 Å². The monoisotopic (exact) mass is 249 g/mol. The van der Waals surface area contributed by atoms with Crippen LogP contribution >= 0.6 is 0 Å². The Hall–Kier alpha value is -0.860. The summed E-state index contributed by atoms with van der Waals surface area (Å²) in [5.41, 5.74) is 4.07. The van der Waals surface area contributed by atoms with Crippen LogP contribution < -0.4 is 5.32 Å². The molecule has 0 fully saturated rings. The molecule has 2 unspecified atom stereocenters. The first-order valence-corrected chi connectivity index (χ1v) is 6.94. The average molecular weight is 249 g/mol. The second-order valence-corrected chi connectivity index (χ2v) is 5.05. The Morgan fingerprint density at radius 2 is 1.72 bits per heavy atom. The quantitative estimate of drug-likeness (QED) is 0.801. The van der Waals surface area contributed by atoms with E-state index in [1.807, 2.05) is 0 Å². The van der Waals surface area contributed by atoms with Gasteiger partial charge in [0.05, 0.1) is 6.10 Å². The second-order valence-electron chi connectivity index (χ2n) is 5.05. The van der Waals surface area contributed by atoms with Gasteiger partial charge < -0.3 is 10.1 Å². The molecule has 102 valence electrons. The first-order valence-electron chi connectivity index (χ1n) is 6.94. The van der Waals surface area contributed by atoms with Crippen molar-refractivity contribution in [3.05, 3.63) is 34.9 Å². The van der Waals surface area contributed by atoms with Gasteiger partial charge in [-0.1, -0.05) is 43.2 Å². The summed E-state index contributed by atoms with van der Waals surface area (Å²) in [5, 5.41) is 3.55. The van der Waals surface area contributed by atoms with Gasteiger partial charge in [0.2, 0.25) is 0 Å². The zero-order chi connectivity index (χ0) is 13.5. The highest BCUT2D eigenvalue weighted by Gasteiger charge is 2.19. The number of methoxy groups -OCH3 is 1. The predicted octanol–water partition coefficient (Wildman–Crippen LogP) is 3.25. The SMILES string of the molecule is CCNC(Cc1cc(C)cc(C)c1)C(CC)OC. The predicted molar refractivity (Wildman–Crippen MR) is 78.2 cm³/mol. The number of benzene rings is 1. The smallest absolute Gasteiger partial charge is 0.0724 e. The molecule has 0 amide bonds. The minimum atomic E-state index is 0.283. The molecule has 1 rings (SSSR count). The minimum absolute atomic E-state index is 0.283. The molecule has 0 aliphatic carbocycles. The van der Waals surface area contributed by atoms with Crippen molar-refractivity contribution in [2.45, 2.75) is 52.7 Å². The van der Waals surface area contributed by atoms with Crippen molar-refractivity contribution in [3.63, 3.8) is 0 Å². The molecular weight excluding hydrogens is 222 g/mol. The molecule has 0 aliphatic heterocycles. The molecule has 0 heterocycles. The molecule has 0 bridgehead atoms. The van der Waals surface area contributed by atoms with Crippen LogP contribution in [-0.4, -0.2) is 25.8 Å². The fourth-order valence-electron chi connectivity index (χ4n) is 2.65. The van der Waals surface area contributed by atoms with Crippen molar-refractivity contribution in [1.82, 2.24) is 5.32 Å². The molecule has 0 saturated heterocycles. The summed E-state index contributed by atoms with van der Waals surface area (Å²) in [4.78, 5) is 0. The molecule has 1 aromatic carbocycles. The Morgan fingerprint density at radius 3 is 2.17 bits per heavy atom. The van der Waals surface area contributed by atoms with Crippen LogP contribution in [-0.2, 0) is 11.2 Å². The molecule has 18 heavy (non-hydrogen) atoms. The lowest BCUT2D eigenvalue weighted by Gasteiger charge is -2.26. The van der Waals surface area contributed by atoms with Crippen molar-refractivity contribution < 1.29 is 4.74 Å². The molecule has 2 nitrogen and oxygen atoms in total. The molecule has 0 aromatic heterocycles. The summed E-state index contributed by atoms with van der Waals surface area (Å²) >= 11 is 0. The Kier molecular flexibility index (Phi) is 6.37. The van der Waals surface area contributed by atoms with E-state index in [0.717, 1.165) is 19.4 Å². The van der Waals surface area contributed by atoms with Gasteiger partial charge in [0.25, 0.3) is 0 Å². The topological polar surface area (TPSA) is 21.3 Å². The molecule has 2 heteroatoms. The van der Waals surface area contributed by atoms with Gasteiger partial charge in [-0.15, -0.1) is 0 Å². The maximum Gasteiger partial charge on any atom is 0.0724 e. The number of rotatable bonds is 7. The van der Waals surface area contributed by atoms with Gasteiger partial charge in [-0.05, 0) is 38.8 Å². The third-order valence-corrected chi connectivity index (χ3v) is 3.36. The van der Waals surface area contributed by atoms with Gasteiger partial charge in [-0.3, -0.25) is 0 Å². The lowest BCUT2D eigenvalue weighted by Crippen LogP contribution is -2.42. The van der Waals surface area contributed by atoms with Crippen molar-refractivity contribution in [2.24, 2.45) is 0 Å². The largest absolute Gasteiger partial charge is 0.380 e. The Morgan fingerprint density at radius 1 is 1.11 bits per heavy atom. The van der Waals surface area contributed by atoms with Crippen molar-refractivity contribution in [2.75, 3.05) is 13.7 Å². The summed E-state index contributed by atoms with van der Waals surface area (Å²) in [5.74, 6) is 0. The number of aryl methyl sites for hydroxylation is 2. The van der Waals surface area contributed by atoms with Crippen LogP contribution in [0.3, 0.4) is 0 Å². The van der Waals surface area contributed by atoms with Gasteiger partial charge >= 0.3 is 0 Å². The molecular formula is C16H27NO. The van der Waals surface area contributed by atoms with E-state index in [9.17, 15) is 0 Å². The van der Waals surface area contributed by atoms with Crippen LogP contribution in [0.4, 0.5) is 0 Å². The van der Waals surface area contributed by atoms with E-state index in [1.54, 1.807) is 7.11 Å². The minimum Gasteiger partial charge on any atom is -0.380 e. The van der Waals surface area contributed by atoms with Gasteiger partial charge in [-0.2, -0.15) is 0 Å². The highest BCUT2D eigenvalue weighted by atomic mass is 16.5. The maximum absolute atomic E-state index is 5.58. The first kappa shape index (κ1) is 15.2. The zero-order valence-electron chi connectivity index (χ0n) is 12.4. The molecule has 0 spiro atoms. The highest BCUT2D eigenvalue weighted by Crippen LogP contribution is 2.14. The van der Waals surface area contributed by atoms with E-state index in [1.165, 1.54) is 16.7 Å². The van der Waals surface area contributed by atoms with Crippen LogP contribution in [0.2, 0.25) is 0 Å². The summed E-state index contributed by atoms with van der Waals surface area (Å²) in [7, 11) is 1.81. The number of hydrogen-bond acceptors (Lipinski definition) is 2. The Labute approximate surface area is 112 Å². The van der Waals surface area contributed by atoms with Crippen LogP contribution in [0.1, 0.15) is 37.0 Å². The number of hydrogen-bond donors (Lipinski definition) is 1. The molecule has 1 N–H and O–H groups in total. The van der Waals surface area contributed by atoms with E-state index < -0.39 is 0 Å². The van der Waals surface area contributed by atoms with E-state index in [2.05, 4.69) is 51.2 Å². The van der Waals surface area contributed by atoms with E-state index >= 15 is 0 Å². The molecule has 0 aliphatic rings. The van der Waals surface area contributed by atoms with E-state index in [0.29, 0.717) is 6.04 Å². The molecule has 0 radical (unpaired) electrons. The third-order valence-electron chi connectivity index (χ3n) is 3.36. The molecule has 0 saturated carbocycles. The lowest BCUT2D eigenvalue weighted by atomic mass is 9.97. The number of nitrogens with one attached hydrogen (secondary N) is 1. The van der Waals surface area contributed by atoms with Gasteiger partial charge in [0.1, 0.15) is 0 Å². The Balaban J connectivity index is 2.81. The van der Waals surface area contributed by atoms with Gasteiger partial charge in [-0.25, -0.2) is 0 Å². The second kappa shape index (κ2) is 7.55. The first-order chi connectivity index (χ1) is 8.60. The molecule has 1 aromatic rings. The number of likely N-dealkylation sites (N-methyl/N-ethyl adjacent to an activating group) is 1. The van der Waals surface area contributed by atoms with Crippen LogP contribution in [0, 0.1) is 13.8 Å². The van der Waals surface area contributed by atoms with Gasteiger partial charge in [0.15, 0.2) is 0 Å². The third kappa shape index (κ3) is 4.43. The van der Waals surface area contributed by atoms with E-state index in [-0.39, 0.29) is 6.10 Å². The average Bonchev–Trinajstić information content (AvgIpc) is 2.29. The fourth-order valence-corrected chi connectivity index (χ4v) is 2.65. The zero-order valence-corrected chi connectivity index (χ0v) is 12.4. The van der Waals surface area contributed by atoms with Crippen molar-refractivity contribution >= 4 is 0 Å². The Bertz CT molecular complexity index is 338. The van der Waals surface area contributed by atoms with Crippen molar-refractivity contribution in [1.29, 1.82) is 0 Å². The lowest BCUT2D eigenvalue weighted by molar-refractivity contribution is 0.0658.